The third-order valence-electron chi connectivity index (χ3n) is 4.35. The van der Waals surface area contributed by atoms with Gasteiger partial charge < -0.3 is 10.6 Å². The summed E-state index contributed by atoms with van der Waals surface area (Å²) in [4.78, 5) is 7.00. The number of fused-ring (bicyclic) bond motifs is 1. The molecule has 1 aliphatic rings. The molecule has 1 fully saturated rings. The standard InChI is InChI=1S/C16H21N3/c1-11-9-19(10-12(11)2)16-13(7-17)8-18-15-6-4-3-5-14(15)16/h3-6,8,11-12H,7,9-10,17H2,1-2H3. The number of pyridine rings is 1. The molecule has 2 N–H and O–H groups in total. The lowest BCUT2D eigenvalue weighted by molar-refractivity contribution is 0.494. The quantitative estimate of drug-likeness (QED) is 0.897. The normalized spacial score (nSPS) is 23.2. The zero-order valence-corrected chi connectivity index (χ0v) is 11.6. The SMILES string of the molecule is CC1CN(c2c(CN)cnc3ccccc23)CC1C. The van der Waals surface area contributed by atoms with E-state index < -0.39 is 0 Å². The lowest BCUT2D eigenvalue weighted by atomic mass is 10.0. The second kappa shape index (κ2) is 4.82. The number of nitrogens with two attached hydrogens (primary N) is 1. The van der Waals surface area contributed by atoms with Gasteiger partial charge in [-0.1, -0.05) is 32.0 Å². The molecule has 1 aromatic heterocycles. The monoisotopic (exact) mass is 255 g/mol. The molecule has 2 atom stereocenters. The molecule has 0 aliphatic carbocycles. The second-order valence-electron chi connectivity index (χ2n) is 5.71. The van der Waals surface area contributed by atoms with Gasteiger partial charge in [-0.05, 0) is 17.9 Å². The van der Waals surface area contributed by atoms with Crippen LogP contribution < -0.4 is 10.6 Å². The Morgan fingerprint density at radius 2 is 1.89 bits per heavy atom. The smallest absolute Gasteiger partial charge is 0.0723 e. The first kappa shape index (κ1) is 12.4. The van der Waals surface area contributed by atoms with E-state index in [1.807, 2.05) is 12.3 Å². The van der Waals surface area contributed by atoms with Crippen molar-refractivity contribution >= 4 is 16.6 Å². The van der Waals surface area contributed by atoms with Crippen LogP contribution in [0.25, 0.3) is 10.9 Å². The molecule has 0 amide bonds. The number of para-hydroxylation sites is 1. The van der Waals surface area contributed by atoms with Gasteiger partial charge in [0.15, 0.2) is 0 Å². The molecular formula is C16H21N3. The summed E-state index contributed by atoms with van der Waals surface area (Å²) in [5.74, 6) is 1.47. The van der Waals surface area contributed by atoms with Gasteiger partial charge in [-0.25, -0.2) is 0 Å². The number of nitrogens with zero attached hydrogens (tertiary/aromatic N) is 2. The summed E-state index contributed by atoms with van der Waals surface area (Å²) in [6, 6.07) is 8.35. The Morgan fingerprint density at radius 1 is 1.21 bits per heavy atom. The summed E-state index contributed by atoms with van der Waals surface area (Å²) in [6.07, 6.45) is 1.94. The van der Waals surface area contributed by atoms with Crippen LogP contribution in [0.1, 0.15) is 19.4 Å². The maximum atomic E-state index is 5.91. The van der Waals surface area contributed by atoms with Crippen molar-refractivity contribution < 1.29 is 0 Å². The first-order valence-electron chi connectivity index (χ1n) is 7.02. The highest BCUT2D eigenvalue weighted by atomic mass is 15.2. The molecular weight excluding hydrogens is 234 g/mol. The highest BCUT2D eigenvalue weighted by Crippen LogP contribution is 2.34. The number of benzene rings is 1. The molecule has 1 aliphatic heterocycles. The maximum absolute atomic E-state index is 5.91. The summed E-state index contributed by atoms with van der Waals surface area (Å²) in [5.41, 5.74) is 9.42. The topological polar surface area (TPSA) is 42.1 Å². The minimum atomic E-state index is 0.548. The van der Waals surface area contributed by atoms with Crippen LogP contribution in [0.3, 0.4) is 0 Å². The van der Waals surface area contributed by atoms with E-state index in [0.29, 0.717) is 6.54 Å². The van der Waals surface area contributed by atoms with E-state index in [9.17, 15) is 0 Å². The number of rotatable bonds is 2. The first-order valence-corrected chi connectivity index (χ1v) is 7.02. The summed E-state index contributed by atoms with van der Waals surface area (Å²) < 4.78 is 0. The zero-order valence-electron chi connectivity index (χ0n) is 11.6. The van der Waals surface area contributed by atoms with E-state index in [1.54, 1.807) is 0 Å². The molecule has 3 nitrogen and oxygen atoms in total. The molecule has 19 heavy (non-hydrogen) atoms. The Kier molecular flexibility index (Phi) is 3.15. The Bertz CT molecular complexity index is 584. The minimum absolute atomic E-state index is 0.548. The fourth-order valence-corrected chi connectivity index (χ4v) is 3.00. The van der Waals surface area contributed by atoms with Crippen molar-refractivity contribution in [2.24, 2.45) is 17.6 Å². The van der Waals surface area contributed by atoms with Crippen molar-refractivity contribution in [1.29, 1.82) is 0 Å². The van der Waals surface area contributed by atoms with E-state index in [4.69, 9.17) is 5.73 Å². The maximum Gasteiger partial charge on any atom is 0.0723 e. The fraction of sp³-hybridized carbons (Fsp3) is 0.438. The van der Waals surface area contributed by atoms with Crippen LogP contribution in [-0.2, 0) is 6.54 Å². The number of anilines is 1. The zero-order chi connectivity index (χ0) is 13.4. The van der Waals surface area contributed by atoms with Crippen LogP contribution in [0.15, 0.2) is 30.5 Å². The van der Waals surface area contributed by atoms with Gasteiger partial charge in [0.25, 0.3) is 0 Å². The van der Waals surface area contributed by atoms with E-state index >= 15 is 0 Å². The van der Waals surface area contributed by atoms with Crippen molar-refractivity contribution in [3.63, 3.8) is 0 Å². The Morgan fingerprint density at radius 3 is 2.58 bits per heavy atom. The third-order valence-corrected chi connectivity index (χ3v) is 4.35. The fourth-order valence-electron chi connectivity index (χ4n) is 3.00. The van der Waals surface area contributed by atoms with Crippen LogP contribution in [0.5, 0.6) is 0 Å². The summed E-state index contributed by atoms with van der Waals surface area (Å²) in [5, 5.41) is 1.23. The molecule has 3 heteroatoms. The molecule has 0 saturated carbocycles. The molecule has 2 heterocycles. The molecule has 2 aromatic rings. The molecule has 0 radical (unpaired) electrons. The van der Waals surface area contributed by atoms with Crippen LogP contribution >= 0.6 is 0 Å². The highest BCUT2D eigenvalue weighted by molar-refractivity contribution is 5.93. The average molecular weight is 255 g/mol. The van der Waals surface area contributed by atoms with Crippen LogP contribution in [0.2, 0.25) is 0 Å². The Hall–Kier alpha value is -1.61. The van der Waals surface area contributed by atoms with E-state index in [1.165, 1.54) is 11.1 Å². The average Bonchev–Trinajstić information content (AvgIpc) is 2.77. The van der Waals surface area contributed by atoms with Crippen molar-refractivity contribution in [2.75, 3.05) is 18.0 Å². The highest BCUT2D eigenvalue weighted by Gasteiger charge is 2.28. The van der Waals surface area contributed by atoms with Crippen molar-refractivity contribution in [3.05, 3.63) is 36.0 Å². The molecule has 1 aromatic carbocycles. The molecule has 1 saturated heterocycles. The third kappa shape index (κ3) is 2.08. The van der Waals surface area contributed by atoms with Crippen molar-refractivity contribution in [3.8, 4) is 0 Å². The van der Waals surface area contributed by atoms with E-state index in [0.717, 1.165) is 36.0 Å². The summed E-state index contributed by atoms with van der Waals surface area (Å²) >= 11 is 0. The number of hydrogen-bond donors (Lipinski definition) is 1. The van der Waals surface area contributed by atoms with Crippen LogP contribution in [0, 0.1) is 11.8 Å². The largest absolute Gasteiger partial charge is 0.370 e. The predicted octanol–water partition coefficient (Wildman–Crippen LogP) is 2.79. The van der Waals surface area contributed by atoms with E-state index in [-0.39, 0.29) is 0 Å². The minimum Gasteiger partial charge on any atom is -0.370 e. The van der Waals surface area contributed by atoms with Gasteiger partial charge in [-0.3, -0.25) is 4.98 Å². The molecule has 0 bridgehead atoms. The van der Waals surface area contributed by atoms with Gasteiger partial charge >= 0.3 is 0 Å². The number of hydrogen-bond acceptors (Lipinski definition) is 3. The second-order valence-corrected chi connectivity index (χ2v) is 5.71. The van der Waals surface area contributed by atoms with Crippen molar-refractivity contribution in [1.82, 2.24) is 4.98 Å². The molecule has 2 unspecified atom stereocenters. The van der Waals surface area contributed by atoms with Gasteiger partial charge in [0.2, 0.25) is 0 Å². The number of aromatic nitrogens is 1. The molecule has 3 rings (SSSR count). The lowest BCUT2D eigenvalue weighted by Gasteiger charge is -2.23. The van der Waals surface area contributed by atoms with Crippen molar-refractivity contribution in [2.45, 2.75) is 20.4 Å². The summed E-state index contributed by atoms with van der Waals surface area (Å²) in [6.45, 7) is 7.43. The van der Waals surface area contributed by atoms with Gasteiger partial charge in [0.1, 0.15) is 0 Å². The Balaban J connectivity index is 2.15. The Labute approximate surface area is 114 Å². The summed E-state index contributed by atoms with van der Waals surface area (Å²) in [7, 11) is 0. The molecule has 100 valence electrons. The first-order chi connectivity index (χ1) is 9.20. The van der Waals surface area contributed by atoms with Gasteiger partial charge in [-0.15, -0.1) is 0 Å². The van der Waals surface area contributed by atoms with Gasteiger partial charge in [-0.2, -0.15) is 0 Å². The van der Waals surface area contributed by atoms with Gasteiger partial charge in [0, 0.05) is 36.8 Å². The molecule has 0 spiro atoms. The predicted molar refractivity (Wildman–Crippen MR) is 80.2 cm³/mol. The lowest BCUT2D eigenvalue weighted by Crippen LogP contribution is -2.22. The van der Waals surface area contributed by atoms with Crippen LogP contribution in [-0.4, -0.2) is 18.1 Å². The van der Waals surface area contributed by atoms with E-state index in [2.05, 4.69) is 41.9 Å². The van der Waals surface area contributed by atoms with Gasteiger partial charge in [0.05, 0.1) is 11.2 Å². The van der Waals surface area contributed by atoms with Crippen LogP contribution in [0.4, 0.5) is 5.69 Å².